The highest BCUT2D eigenvalue weighted by Crippen LogP contribution is 2.39. The van der Waals surface area contributed by atoms with Crippen molar-refractivity contribution in [1.29, 1.82) is 0 Å². The van der Waals surface area contributed by atoms with Gasteiger partial charge in [-0.2, -0.15) is 0 Å². The Morgan fingerprint density at radius 2 is 1.78 bits per heavy atom. The van der Waals surface area contributed by atoms with E-state index in [1.807, 2.05) is 19.9 Å². The molecule has 0 atom stereocenters. The molecule has 1 N–H and O–H groups in total. The third-order valence-electron chi connectivity index (χ3n) is 4.80. The fourth-order valence-electron chi connectivity index (χ4n) is 3.30. The van der Waals surface area contributed by atoms with Gasteiger partial charge in [0.05, 0.1) is 42.7 Å². The predicted octanol–water partition coefficient (Wildman–Crippen LogP) is 3.88. The van der Waals surface area contributed by atoms with Crippen LogP contribution in [0.5, 0.6) is 11.5 Å². The first-order chi connectivity index (χ1) is 15.5. The maximum absolute atomic E-state index is 12.5. The van der Waals surface area contributed by atoms with Crippen molar-refractivity contribution in [2.24, 2.45) is 0 Å². The second-order valence-electron chi connectivity index (χ2n) is 6.95. The van der Waals surface area contributed by atoms with Crippen molar-refractivity contribution < 1.29 is 23.9 Å². The van der Waals surface area contributed by atoms with E-state index in [0.29, 0.717) is 49.2 Å². The zero-order chi connectivity index (χ0) is 22.9. The maximum atomic E-state index is 12.5. The summed E-state index contributed by atoms with van der Waals surface area (Å²) >= 11 is 0. The van der Waals surface area contributed by atoms with Gasteiger partial charge in [0.2, 0.25) is 5.91 Å². The monoisotopic (exact) mass is 441 g/mol. The Hall–Kier alpha value is -3.59. The first-order valence-electron chi connectivity index (χ1n) is 10.5. The second kappa shape index (κ2) is 11.1. The van der Waals surface area contributed by atoms with Gasteiger partial charge in [0.25, 0.3) is 5.69 Å². The van der Waals surface area contributed by atoms with E-state index in [9.17, 15) is 14.9 Å². The number of nitro groups is 1. The van der Waals surface area contributed by atoms with Gasteiger partial charge >= 0.3 is 0 Å². The third-order valence-corrected chi connectivity index (χ3v) is 4.80. The van der Waals surface area contributed by atoms with Crippen LogP contribution in [-0.2, 0) is 9.53 Å². The zero-order valence-corrected chi connectivity index (χ0v) is 18.2. The molecule has 1 aliphatic heterocycles. The first kappa shape index (κ1) is 23.1. The molecule has 1 fully saturated rings. The van der Waals surface area contributed by atoms with Crippen LogP contribution >= 0.6 is 0 Å². The number of amides is 1. The number of nitrogens with zero attached hydrogens (tertiary/aromatic N) is 2. The van der Waals surface area contributed by atoms with Crippen molar-refractivity contribution in [1.82, 2.24) is 0 Å². The van der Waals surface area contributed by atoms with E-state index >= 15 is 0 Å². The Balaban J connectivity index is 1.80. The minimum Gasteiger partial charge on any atom is -0.492 e. The maximum Gasteiger partial charge on any atom is 0.269 e. The smallest absolute Gasteiger partial charge is 0.269 e. The lowest BCUT2D eigenvalue weighted by Gasteiger charge is -2.31. The summed E-state index contributed by atoms with van der Waals surface area (Å²) in [5, 5.41) is 13.6. The highest BCUT2D eigenvalue weighted by Gasteiger charge is 2.20. The highest BCUT2D eigenvalue weighted by molar-refractivity contribution is 6.03. The van der Waals surface area contributed by atoms with E-state index in [2.05, 4.69) is 10.2 Å². The number of benzene rings is 2. The number of nitro benzene ring substituents is 1. The number of non-ortho nitro benzene ring substituents is 1. The standard InChI is InChI=1S/C23H27N3O6/c1-3-31-21-16-20(25-11-13-30-14-12-25)22(32-4-2)15-19(21)24-23(27)10-7-17-5-8-18(9-6-17)26(28)29/h5-10,15-16H,3-4,11-14H2,1-2H3,(H,24,27). The summed E-state index contributed by atoms with van der Waals surface area (Å²) in [6, 6.07) is 9.61. The molecule has 2 aromatic rings. The minimum absolute atomic E-state index is 0.00299. The van der Waals surface area contributed by atoms with Crippen LogP contribution in [0.1, 0.15) is 19.4 Å². The molecule has 2 aromatic carbocycles. The first-order valence-corrected chi connectivity index (χ1v) is 10.5. The van der Waals surface area contributed by atoms with E-state index in [4.69, 9.17) is 14.2 Å². The van der Waals surface area contributed by atoms with E-state index in [0.717, 1.165) is 18.8 Å². The van der Waals surface area contributed by atoms with Crippen molar-refractivity contribution >= 4 is 29.0 Å². The Morgan fingerprint density at radius 1 is 1.12 bits per heavy atom. The van der Waals surface area contributed by atoms with Crippen LogP contribution in [0.2, 0.25) is 0 Å². The molecule has 0 bridgehead atoms. The number of carbonyl (C=O) groups excluding carboxylic acids is 1. The van der Waals surface area contributed by atoms with Crippen molar-refractivity contribution in [3.63, 3.8) is 0 Å². The lowest BCUT2D eigenvalue weighted by atomic mass is 10.2. The molecule has 0 aliphatic carbocycles. The van der Waals surface area contributed by atoms with Gasteiger partial charge in [-0.3, -0.25) is 14.9 Å². The van der Waals surface area contributed by atoms with Crippen LogP contribution in [0.3, 0.4) is 0 Å². The van der Waals surface area contributed by atoms with Crippen LogP contribution in [0.15, 0.2) is 42.5 Å². The van der Waals surface area contributed by atoms with Gasteiger partial charge in [0, 0.05) is 43.4 Å². The molecule has 1 saturated heterocycles. The van der Waals surface area contributed by atoms with Gasteiger partial charge < -0.3 is 24.4 Å². The topological polar surface area (TPSA) is 103 Å². The Kier molecular flexibility index (Phi) is 8.04. The van der Waals surface area contributed by atoms with Crippen molar-refractivity contribution in [3.8, 4) is 11.5 Å². The fraction of sp³-hybridized carbons (Fsp3) is 0.348. The quantitative estimate of drug-likeness (QED) is 0.358. The number of ether oxygens (including phenoxy) is 3. The van der Waals surface area contributed by atoms with Gasteiger partial charge in [-0.1, -0.05) is 0 Å². The predicted molar refractivity (Wildman–Crippen MR) is 123 cm³/mol. The molecule has 1 heterocycles. The largest absolute Gasteiger partial charge is 0.492 e. The molecule has 0 aromatic heterocycles. The number of hydrogen-bond acceptors (Lipinski definition) is 7. The number of morpholine rings is 1. The number of carbonyl (C=O) groups is 1. The Bertz CT molecular complexity index is 968. The number of nitrogens with one attached hydrogen (secondary N) is 1. The molecule has 0 unspecified atom stereocenters. The lowest BCUT2D eigenvalue weighted by Crippen LogP contribution is -2.36. The molecule has 9 heteroatoms. The molecule has 170 valence electrons. The van der Waals surface area contributed by atoms with Crippen LogP contribution < -0.4 is 19.7 Å². The van der Waals surface area contributed by atoms with Gasteiger partial charge in [0.15, 0.2) is 0 Å². The molecular weight excluding hydrogens is 414 g/mol. The molecule has 3 rings (SSSR count). The van der Waals surface area contributed by atoms with Crippen LogP contribution in [-0.4, -0.2) is 50.3 Å². The summed E-state index contributed by atoms with van der Waals surface area (Å²) in [5.74, 6) is 0.855. The Morgan fingerprint density at radius 3 is 2.41 bits per heavy atom. The average Bonchev–Trinajstić information content (AvgIpc) is 2.80. The van der Waals surface area contributed by atoms with Crippen LogP contribution in [0.25, 0.3) is 6.08 Å². The molecule has 1 amide bonds. The number of hydrogen-bond donors (Lipinski definition) is 1. The number of anilines is 2. The molecule has 9 nitrogen and oxygen atoms in total. The summed E-state index contributed by atoms with van der Waals surface area (Å²) in [6.07, 6.45) is 2.96. The summed E-state index contributed by atoms with van der Waals surface area (Å²) in [5.41, 5.74) is 2.08. The van der Waals surface area contributed by atoms with Crippen LogP contribution in [0.4, 0.5) is 17.1 Å². The summed E-state index contributed by atoms with van der Waals surface area (Å²) < 4.78 is 17.1. The molecule has 0 saturated carbocycles. The molecule has 0 spiro atoms. The molecule has 0 radical (unpaired) electrons. The van der Waals surface area contributed by atoms with E-state index in [1.54, 1.807) is 24.3 Å². The van der Waals surface area contributed by atoms with Gasteiger partial charge in [0.1, 0.15) is 11.5 Å². The number of rotatable bonds is 9. The summed E-state index contributed by atoms with van der Waals surface area (Å²) in [4.78, 5) is 25.0. The molecular formula is C23H27N3O6. The highest BCUT2D eigenvalue weighted by atomic mass is 16.6. The van der Waals surface area contributed by atoms with Gasteiger partial charge in [-0.05, 0) is 37.6 Å². The third kappa shape index (κ3) is 5.98. The minimum atomic E-state index is -0.466. The van der Waals surface area contributed by atoms with E-state index < -0.39 is 4.92 Å². The average molecular weight is 441 g/mol. The van der Waals surface area contributed by atoms with Crippen molar-refractivity contribution in [2.75, 3.05) is 49.7 Å². The second-order valence-corrected chi connectivity index (χ2v) is 6.95. The van der Waals surface area contributed by atoms with Crippen LogP contribution in [0, 0.1) is 10.1 Å². The van der Waals surface area contributed by atoms with Gasteiger partial charge in [-0.25, -0.2) is 0 Å². The van der Waals surface area contributed by atoms with E-state index in [-0.39, 0.29) is 11.6 Å². The van der Waals surface area contributed by atoms with Crippen molar-refractivity contribution in [2.45, 2.75) is 13.8 Å². The fourth-order valence-corrected chi connectivity index (χ4v) is 3.30. The normalized spacial score (nSPS) is 13.8. The van der Waals surface area contributed by atoms with Gasteiger partial charge in [-0.15, -0.1) is 0 Å². The Labute approximate surface area is 186 Å². The summed E-state index contributed by atoms with van der Waals surface area (Å²) in [6.45, 7) is 7.49. The zero-order valence-electron chi connectivity index (χ0n) is 18.2. The molecule has 1 aliphatic rings. The summed E-state index contributed by atoms with van der Waals surface area (Å²) in [7, 11) is 0. The SMILES string of the molecule is CCOc1cc(N2CCOCC2)c(OCC)cc1NC(=O)C=Cc1ccc([N+](=O)[O-])cc1. The van der Waals surface area contributed by atoms with E-state index in [1.165, 1.54) is 18.2 Å². The lowest BCUT2D eigenvalue weighted by molar-refractivity contribution is -0.384. The van der Waals surface area contributed by atoms with Crippen molar-refractivity contribution in [3.05, 3.63) is 58.2 Å². The molecule has 32 heavy (non-hydrogen) atoms.